The van der Waals surface area contributed by atoms with Crippen LogP contribution in [0.3, 0.4) is 0 Å². The third kappa shape index (κ3) is 3.07. The van der Waals surface area contributed by atoms with Gasteiger partial charge in [-0.2, -0.15) is 0 Å². The van der Waals surface area contributed by atoms with Crippen LogP contribution in [0.2, 0.25) is 0 Å². The third-order valence-corrected chi connectivity index (χ3v) is 3.90. The molecule has 0 aliphatic heterocycles. The molecule has 0 aliphatic carbocycles. The van der Waals surface area contributed by atoms with E-state index in [9.17, 15) is 8.78 Å². The molecule has 2 aromatic rings. The van der Waals surface area contributed by atoms with Gasteiger partial charge in [-0.25, -0.2) is 14.2 Å². The molecule has 1 unspecified atom stereocenters. The Balaban J connectivity index is 2.55. The standard InChI is InChI=1S/C15H15BrF2N2O/c1-8-3-5-11(17)13(14(8)18)15(20-19)9-4-6-12(21-2)10(16)7-9/h3-7,15,20H,19H2,1-2H3. The molecule has 0 amide bonds. The van der Waals surface area contributed by atoms with E-state index in [2.05, 4.69) is 21.4 Å². The summed E-state index contributed by atoms with van der Waals surface area (Å²) < 4.78 is 34.1. The van der Waals surface area contributed by atoms with Crippen molar-refractivity contribution in [3.8, 4) is 5.75 Å². The van der Waals surface area contributed by atoms with Crippen LogP contribution in [-0.4, -0.2) is 7.11 Å². The summed E-state index contributed by atoms with van der Waals surface area (Å²) in [6.45, 7) is 1.58. The zero-order valence-electron chi connectivity index (χ0n) is 11.6. The quantitative estimate of drug-likeness (QED) is 0.649. The Labute approximate surface area is 130 Å². The molecule has 0 spiro atoms. The number of hydrogen-bond acceptors (Lipinski definition) is 3. The molecular formula is C15H15BrF2N2O. The van der Waals surface area contributed by atoms with E-state index < -0.39 is 17.7 Å². The van der Waals surface area contributed by atoms with Gasteiger partial charge in [0.2, 0.25) is 0 Å². The third-order valence-electron chi connectivity index (χ3n) is 3.28. The summed E-state index contributed by atoms with van der Waals surface area (Å²) >= 11 is 3.35. The Morgan fingerprint density at radius 3 is 2.52 bits per heavy atom. The highest BCUT2D eigenvalue weighted by atomic mass is 79.9. The van der Waals surface area contributed by atoms with Crippen molar-refractivity contribution in [1.29, 1.82) is 0 Å². The van der Waals surface area contributed by atoms with Gasteiger partial charge >= 0.3 is 0 Å². The topological polar surface area (TPSA) is 47.3 Å². The van der Waals surface area contributed by atoms with Gasteiger partial charge in [-0.3, -0.25) is 5.84 Å². The molecule has 0 fully saturated rings. The molecule has 0 heterocycles. The zero-order chi connectivity index (χ0) is 15.6. The molecule has 21 heavy (non-hydrogen) atoms. The maximum atomic E-state index is 14.3. The number of halogens is 3. The van der Waals surface area contributed by atoms with E-state index in [0.717, 1.165) is 0 Å². The van der Waals surface area contributed by atoms with Crippen molar-refractivity contribution in [3.63, 3.8) is 0 Å². The Bertz CT molecular complexity index is 664. The van der Waals surface area contributed by atoms with Crippen molar-refractivity contribution in [2.24, 2.45) is 5.84 Å². The number of rotatable bonds is 4. The number of nitrogens with one attached hydrogen (secondary N) is 1. The minimum atomic E-state index is -0.799. The van der Waals surface area contributed by atoms with Crippen LogP contribution in [0, 0.1) is 18.6 Å². The van der Waals surface area contributed by atoms with Crippen molar-refractivity contribution >= 4 is 15.9 Å². The van der Waals surface area contributed by atoms with Gasteiger partial charge in [-0.15, -0.1) is 0 Å². The Kier molecular flexibility index (Phi) is 4.92. The number of nitrogens with two attached hydrogens (primary N) is 1. The van der Waals surface area contributed by atoms with Gasteiger partial charge in [0.1, 0.15) is 17.4 Å². The first-order valence-electron chi connectivity index (χ1n) is 6.23. The van der Waals surface area contributed by atoms with Gasteiger partial charge in [-0.1, -0.05) is 12.1 Å². The van der Waals surface area contributed by atoms with Crippen molar-refractivity contribution in [3.05, 3.63) is 63.1 Å². The lowest BCUT2D eigenvalue weighted by atomic mass is 9.96. The number of aryl methyl sites for hydroxylation is 1. The number of hydrazine groups is 1. The molecule has 112 valence electrons. The monoisotopic (exact) mass is 356 g/mol. The molecular weight excluding hydrogens is 342 g/mol. The first-order chi connectivity index (χ1) is 9.99. The second-order valence-corrected chi connectivity index (χ2v) is 5.44. The Morgan fingerprint density at radius 2 is 1.95 bits per heavy atom. The van der Waals surface area contributed by atoms with Crippen LogP contribution >= 0.6 is 15.9 Å². The largest absolute Gasteiger partial charge is 0.496 e. The van der Waals surface area contributed by atoms with E-state index in [0.29, 0.717) is 21.3 Å². The minimum absolute atomic E-state index is 0.102. The van der Waals surface area contributed by atoms with Crippen LogP contribution in [0.1, 0.15) is 22.7 Å². The smallest absolute Gasteiger partial charge is 0.134 e. The van der Waals surface area contributed by atoms with Crippen molar-refractivity contribution in [1.82, 2.24) is 5.43 Å². The van der Waals surface area contributed by atoms with Crippen molar-refractivity contribution in [2.75, 3.05) is 7.11 Å². The molecule has 1 atom stereocenters. The maximum Gasteiger partial charge on any atom is 0.134 e. The van der Waals surface area contributed by atoms with Crippen LogP contribution in [0.4, 0.5) is 8.78 Å². The van der Waals surface area contributed by atoms with Crippen LogP contribution in [0.25, 0.3) is 0 Å². The Morgan fingerprint density at radius 1 is 1.24 bits per heavy atom. The van der Waals surface area contributed by atoms with Crippen LogP contribution in [0.5, 0.6) is 5.75 Å². The molecule has 2 rings (SSSR count). The van der Waals surface area contributed by atoms with Crippen molar-refractivity contribution < 1.29 is 13.5 Å². The molecule has 0 bridgehead atoms. The highest BCUT2D eigenvalue weighted by Gasteiger charge is 2.23. The summed E-state index contributed by atoms with van der Waals surface area (Å²) in [6, 6.07) is 6.95. The lowest BCUT2D eigenvalue weighted by Gasteiger charge is -2.20. The summed E-state index contributed by atoms with van der Waals surface area (Å²) in [6.07, 6.45) is 0. The number of methoxy groups -OCH3 is 1. The summed E-state index contributed by atoms with van der Waals surface area (Å²) in [5, 5.41) is 0. The average molecular weight is 357 g/mol. The molecule has 3 N–H and O–H groups in total. The van der Waals surface area contributed by atoms with Gasteiger partial charge in [0.25, 0.3) is 0 Å². The highest BCUT2D eigenvalue weighted by Crippen LogP contribution is 2.32. The predicted octanol–water partition coefficient (Wildman–Crippen LogP) is 3.60. The van der Waals surface area contributed by atoms with E-state index in [4.69, 9.17) is 10.6 Å². The summed E-state index contributed by atoms with van der Waals surface area (Å²) in [7, 11) is 1.54. The second kappa shape index (κ2) is 6.51. The fourth-order valence-electron chi connectivity index (χ4n) is 2.15. The summed E-state index contributed by atoms with van der Waals surface area (Å²) in [5.41, 5.74) is 3.34. The molecule has 0 radical (unpaired) electrons. The van der Waals surface area contributed by atoms with Gasteiger partial charge < -0.3 is 4.74 Å². The maximum absolute atomic E-state index is 14.3. The fourth-order valence-corrected chi connectivity index (χ4v) is 2.71. The second-order valence-electron chi connectivity index (χ2n) is 4.59. The minimum Gasteiger partial charge on any atom is -0.496 e. The molecule has 3 nitrogen and oxygen atoms in total. The van der Waals surface area contributed by atoms with Gasteiger partial charge in [-0.05, 0) is 52.2 Å². The molecule has 6 heteroatoms. The zero-order valence-corrected chi connectivity index (χ0v) is 13.2. The summed E-state index contributed by atoms with van der Waals surface area (Å²) in [4.78, 5) is 0. The molecule has 2 aromatic carbocycles. The molecule has 0 saturated carbocycles. The van der Waals surface area contributed by atoms with E-state index >= 15 is 0 Å². The molecule has 0 aromatic heterocycles. The SMILES string of the molecule is COc1ccc(C(NN)c2c(F)ccc(C)c2F)cc1Br. The van der Waals surface area contributed by atoms with Crippen LogP contribution in [-0.2, 0) is 0 Å². The fraction of sp³-hybridized carbons (Fsp3) is 0.200. The Hall–Kier alpha value is -1.50. The van der Waals surface area contributed by atoms with E-state index in [-0.39, 0.29) is 5.56 Å². The first-order valence-corrected chi connectivity index (χ1v) is 7.03. The molecule has 0 saturated heterocycles. The van der Waals surface area contributed by atoms with Gasteiger partial charge in [0, 0.05) is 5.56 Å². The van der Waals surface area contributed by atoms with E-state index in [1.165, 1.54) is 12.1 Å². The highest BCUT2D eigenvalue weighted by molar-refractivity contribution is 9.10. The van der Waals surface area contributed by atoms with Gasteiger partial charge in [0.05, 0.1) is 17.6 Å². The number of ether oxygens (including phenoxy) is 1. The van der Waals surface area contributed by atoms with Crippen LogP contribution in [0.15, 0.2) is 34.8 Å². The first kappa shape index (κ1) is 15.9. The van der Waals surface area contributed by atoms with E-state index in [1.54, 1.807) is 32.2 Å². The average Bonchev–Trinajstić information content (AvgIpc) is 2.47. The van der Waals surface area contributed by atoms with E-state index in [1.807, 2.05) is 0 Å². The van der Waals surface area contributed by atoms with Crippen LogP contribution < -0.4 is 16.0 Å². The number of hydrogen-bond donors (Lipinski definition) is 2. The van der Waals surface area contributed by atoms with Crippen molar-refractivity contribution in [2.45, 2.75) is 13.0 Å². The molecule has 0 aliphatic rings. The lowest BCUT2D eigenvalue weighted by molar-refractivity contribution is 0.411. The summed E-state index contributed by atoms with van der Waals surface area (Å²) in [5.74, 6) is 4.89. The predicted molar refractivity (Wildman–Crippen MR) is 81.0 cm³/mol. The lowest BCUT2D eigenvalue weighted by Crippen LogP contribution is -2.30. The number of benzene rings is 2. The normalized spacial score (nSPS) is 12.3. The van der Waals surface area contributed by atoms with Gasteiger partial charge in [0.15, 0.2) is 0 Å².